The molecule has 0 unspecified atom stereocenters. The molecule has 0 radical (unpaired) electrons. The van der Waals surface area contributed by atoms with Crippen molar-refractivity contribution in [2.24, 2.45) is 0 Å². The van der Waals surface area contributed by atoms with Crippen molar-refractivity contribution < 1.29 is 19.0 Å². The fraction of sp³-hybridized carbons (Fsp3) is 0.222. The van der Waals surface area contributed by atoms with Gasteiger partial charge in [0.05, 0.1) is 12.7 Å². The topological polar surface area (TPSA) is 46.5 Å². The highest BCUT2D eigenvalue weighted by Gasteiger charge is 2.12. The summed E-state index contributed by atoms with van der Waals surface area (Å²) in [5.41, 5.74) is 0.0539. The average Bonchev–Trinajstić information content (AvgIpc) is 2.03. The summed E-state index contributed by atoms with van der Waals surface area (Å²) in [6.45, 7) is 1.28. The Morgan fingerprint density at radius 2 is 2.15 bits per heavy atom. The standard InChI is InChI=1S/C9H9FO3/c1-5(11)6-3-9(13-2)7(10)4-8(6)12/h3-4,12H,1-2H3. The zero-order valence-corrected chi connectivity index (χ0v) is 7.30. The number of Topliss-reactive ketones (excluding diaryl/α,β-unsaturated/α-hetero) is 1. The lowest BCUT2D eigenvalue weighted by molar-refractivity contribution is 0.101. The van der Waals surface area contributed by atoms with E-state index in [2.05, 4.69) is 4.74 Å². The van der Waals surface area contributed by atoms with Crippen molar-refractivity contribution in [2.45, 2.75) is 6.92 Å². The van der Waals surface area contributed by atoms with Crippen LogP contribution in [0.5, 0.6) is 11.5 Å². The number of rotatable bonds is 2. The van der Waals surface area contributed by atoms with Gasteiger partial charge in [0.15, 0.2) is 17.3 Å². The number of hydrogen-bond donors (Lipinski definition) is 1. The van der Waals surface area contributed by atoms with E-state index >= 15 is 0 Å². The van der Waals surface area contributed by atoms with E-state index in [9.17, 15) is 9.18 Å². The number of aromatic hydroxyl groups is 1. The first kappa shape index (κ1) is 9.51. The van der Waals surface area contributed by atoms with E-state index in [1.165, 1.54) is 20.1 Å². The minimum Gasteiger partial charge on any atom is -0.507 e. The Bertz CT molecular complexity index is 347. The molecule has 0 aliphatic heterocycles. The molecule has 1 aromatic rings. The monoisotopic (exact) mass is 184 g/mol. The maximum Gasteiger partial charge on any atom is 0.168 e. The molecule has 1 aromatic carbocycles. The van der Waals surface area contributed by atoms with E-state index in [4.69, 9.17) is 5.11 Å². The van der Waals surface area contributed by atoms with Crippen molar-refractivity contribution in [2.75, 3.05) is 7.11 Å². The molecule has 0 heterocycles. The first-order chi connectivity index (χ1) is 6.06. The van der Waals surface area contributed by atoms with Crippen LogP contribution in [0.2, 0.25) is 0 Å². The van der Waals surface area contributed by atoms with Crippen LogP contribution >= 0.6 is 0 Å². The second kappa shape index (κ2) is 3.43. The molecular formula is C9H9FO3. The molecule has 1 N–H and O–H groups in total. The zero-order chi connectivity index (χ0) is 10.0. The highest BCUT2D eigenvalue weighted by molar-refractivity contribution is 5.97. The molecule has 0 saturated heterocycles. The molecule has 13 heavy (non-hydrogen) atoms. The third kappa shape index (κ3) is 1.77. The average molecular weight is 184 g/mol. The van der Waals surface area contributed by atoms with E-state index in [0.29, 0.717) is 0 Å². The van der Waals surface area contributed by atoms with E-state index < -0.39 is 5.82 Å². The number of methoxy groups -OCH3 is 1. The summed E-state index contributed by atoms with van der Waals surface area (Å²) in [6.07, 6.45) is 0. The molecule has 70 valence electrons. The van der Waals surface area contributed by atoms with Crippen LogP contribution < -0.4 is 4.74 Å². The van der Waals surface area contributed by atoms with Crippen LogP contribution in [-0.2, 0) is 0 Å². The van der Waals surface area contributed by atoms with Gasteiger partial charge in [-0.05, 0) is 13.0 Å². The van der Waals surface area contributed by atoms with Gasteiger partial charge in [0.25, 0.3) is 0 Å². The van der Waals surface area contributed by atoms with Gasteiger partial charge in [-0.1, -0.05) is 0 Å². The molecule has 4 heteroatoms. The number of hydrogen-bond acceptors (Lipinski definition) is 3. The van der Waals surface area contributed by atoms with Crippen LogP contribution in [0.3, 0.4) is 0 Å². The predicted molar refractivity (Wildman–Crippen MR) is 44.6 cm³/mol. The number of carbonyl (C=O) groups excluding carboxylic acids is 1. The van der Waals surface area contributed by atoms with Gasteiger partial charge in [-0.15, -0.1) is 0 Å². The van der Waals surface area contributed by atoms with Crippen molar-refractivity contribution in [3.05, 3.63) is 23.5 Å². The summed E-state index contributed by atoms with van der Waals surface area (Å²) < 4.78 is 17.6. The largest absolute Gasteiger partial charge is 0.507 e. The Balaban J connectivity index is 3.30. The van der Waals surface area contributed by atoms with Gasteiger partial charge < -0.3 is 9.84 Å². The van der Waals surface area contributed by atoms with Crippen molar-refractivity contribution >= 4 is 5.78 Å². The first-order valence-corrected chi connectivity index (χ1v) is 3.63. The Labute approximate surface area is 74.8 Å². The van der Waals surface area contributed by atoms with Gasteiger partial charge in [0.2, 0.25) is 0 Å². The maximum atomic E-state index is 12.9. The highest BCUT2D eigenvalue weighted by atomic mass is 19.1. The van der Waals surface area contributed by atoms with Crippen LogP contribution in [0.1, 0.15) is 17.3 Å². The van der Waals surface area contributed by atoms with Gasteiger partial charge in [-0.3, -0.25) is 4.79 Å². The van der Waals surface area contributed by atoms with Crippen molar-refractivity contribution in [1.29, 1.82) is 0 Å². The molecule has 1 rings (SSSR count). The summed E-state index contributed by atoms with van der Waals surface area (Å²) in [4.78, 5) is 10.9. The van der Waals surface area contributed by atoms with Gasteiger partial charge in [-0.25, -0.2) is 4.39 Å². The quantitative estimate of drug-likeness (QED) is 0.712. The maximum absolute atomic E-state index is 12.9. The molecule has 0 amide bonds. The van der Waals surface area contributed by atoms with E-state index in [0.717, 1.165) is 6.07 Å². The summed E-state index contributed by atoms with van der Waals surface area (Å²) in [7, 11) is 1.29. The molecule has 0 aromatic heterocycles. The molecule has 0 atom stereocenters. The number of ketones is 1. The minimum atomic E-state index is -0.690. The molecule has 0 saturated carbocycles. The third-order valence-electron chi connectivity index (χ3n) is 1.65. The molecule has 3 nitrogen and oxygen atoms in total. The van der Waals surface area contributed by atoms with Gasteiger partial charge in [0.1, 0.15) is 5.75 Å². The van der Waals surface area contributed by atoms with E-state index in [1.807, 2.05) is 0 Å². The Kier molecular flexibility index (Phi) is 2.51. The summed E-state index contributed by atoms with van der Waals surface area (Å²) in [5, 5.41) is 9.17. The summed E-state index contributed by atoms with van der Waals surface area (Å²) in [6, 6.07) is 2.03. The number of benzene rings is 1. The van der Waals surface area contributed by atoms with Crippen LogP contribution in [0, 0.1) is 5.82 Å². The molecule has 0 fully saturated rings. The first-order valence-electron chi connectivity index (χ1n) is 3.63. The lowest BCUT2D eigenvalue weighted by atomic mass is 10.1. The molecule has 0 spiro atoms. The Morgan fingerprint density at radius 1 is 1.54 bits per heavy atom. The smallest absolute Gasteiger partial charge is 0.168 e. The fourth-order valence-electron chi connectivity index (χ4n) is 0.981. The van der Waals surface area contributed by atoms with Gasteiger partial charge in [-0.2, -0.15) is 0 Å². The second-order valence-corrected chi connectivity index (χ2v) is 2.56. The van der Waals surface area contributed by atoms with Crippen LogP contribution in [-0.4, -0.2) is 18.0 Å². The van der Waals surface area contributed by atoms with Gasteiger partial charge >= 0.3 is 0 Å². The predicted octanol–water partition coefficient (Wildman–Crippen LogP) is 1.74. The number of carbonyl (C=O) groups is 1. The van der Waals surface area contributed by atoms with E-state index in [-0.39, 0.29) is 22.8 Å². The number of halogens is 1. The Hall–Kier alpha value is -1.58. The van der Waals surface area contributed by atoms with Crippen molar-refractivity contribution in [3.63, 3.8) is 0 Å². The zero-order valence-electron chi connectivity index (χ0n) is 7.30. The van der Waals surface area contributed by atoms with Gasteiger partial charge in [0, 0.05) is 6.07 Å². The van der Waals surface area contributed by atoms with Crippen LogP contribution in [0.15, 0.2) is 12.1 Å². The van der Waals surface area contributed by atoms with Crippen molar-refractivity contribution in [3.8, 4) is 11.5 Å². The number of phenolic OH excluding ortho intramolecular Hbond substituents is 1. The third-order valence-corrected chi connectivity index (χ3v) is 1.65. The minimum absolute atomic E-state index is 0.0528. The van der Waals surface area contributed by atoms with Crippen molar-refractivity contribution in [1.82, 2.24) is 0 Å². The lowest BCUT2D eigenvalue weighted by Crippen LogP contribution is -1.96. The number of phenols is 1. The van der Waals surface area contributed by atoms with Crippen LogP contribution in [0.4, 0.5) is 4.39 Å². The molecule has 0 aliphatic carbocycles. The fourth-order valence-corrected chi connectivity index (χ4v) is 0.981. The van der Waals surface area contributed by atoms with E-state index in [1.54, 1.807) is 0 Å². The number of ether oxygens (including phenoxy) is 1. The summed E-state index contributed by atoms with van der Waals surface area (Å²) >= 11 is 0. The summed E-state index contributed by atoms with van der Waals surface area (Å²) in [5.74, 6) is -1.45. The Morgan fingerprint density at radius 3 is 2.62 bits per heavy atom. The molecule has 0 aliphatic rings. The molecule has 0 bridgehead atoms. The lowest BCUT2D eigenvalue weighted by Gasteiger charge is -2.05. The normalized spacial score (nSPS) is 9.77. The molecular weight excluding hydrogens is 175 g/mol. The SMILES string of the molecule is COc1cc(C(C)=O)c(O)cc1F. The highest BCUT2D eigenvalue weighted by Crippen LogP contribution is 2.26. The van der Waals surface area contributed by atoms with Crippen LogP contribution in [0.25, 0.3) is 0 Å². The second-order valence-electron chi connectivity index (χ2n) is 2.56.